The molecule has 2 aromatic carbocycles. The number of aryl methyl sites for hydroxylation is 1. The van der Waals surface area contributed by atoms with Gasteiger partial charge in [0, 0.05) is 5.69 Å². The Hall–Kier alpha value is -2.89. The summed E-state index contributed by atoms with van der Waals surface area (Å²) in [7, 11) is 0. The second-order valence-corrected chi connectivity index (χ2v) is 5.23. The lowest BCUT2D eigenvalue weighted by Crippen LogP contribution is -2.31. The smallest absolute Gasteiger partial charge is 0.344 e. The number of carbonyl (C=O) groups excluding carboxylic acids is 2. The fourth-order valence-electron chi connectivity index (χ4n) is 1.84. The van der Waals surface area contributed by atoms with Crippen molar-refractivity contribution in [1.82, 2.24) is 0 Å². The van der Waals surface area contributed by atoms with E-state index in [1.807, 2.05) is 19.1 Å². The van der Waals surface area contributed by atoms with Crippen LogP contribution in [0.3, 0.4) is 0 Å². The van der Waals surface area contributed by atoms with E-state index in [1.165, 1.54) is 31.2 Å². The van der Waals surface area contributed by atoms with E-state index >= 15 is 0 Å². The van der Waals surface area contributed by atoms with Crippen LogP contribution in [0.2, 0.25) is 0 Å². The molecule has 24 heavy (non-hydrogen) atoms. The third-order valence-electron chi connectivity index (χ3n) is 3.17. The average Bonchev–Trinajstić information content (AvgIpc) is 2.56. The van der Waals surface area contributed by atoms with E-state index in [0.29, 0.717) is 11.4 Å². The minimum Gasteiger partial charge on any atom is -0.482 e. The number of anilines is 1. The topological polar surface area (TPSA) is 64.6 Å². The molecular weight excluding hydrogens is 313 g/mol. The number of halogens is 1. The molecule has 6 heteroatoms. The largest absolute Gasteiger partial charge is 0.482 e. The van der Waals surface area contributed by atoms with Crippen LogP contribution in [0.5, 0.6) is 5.75 Å². The molecule has 1 atom stereocenters. The van der Waals surface area contributed by atoms with Crippen LogP contribution >= 0.6 is 0 Å². The van der Waals surface area contributed by atoms with Crippen molar-refractivity contribution < 1.29 is 23.5 Å². The van der Waals surface area contributed by atoms with Gasteiger partial charge >= 0.3 is 5.97 Å². The van der Waals surface area contributed by atoms with Gasteiger partial charge in [-0.05, 0) is 50.2 Å². The molecule has 126 valence electrons. The molecule has 0 fully saturated rings. The third-order valence-corrected chi connectivity index (χ3v) is 3.17. The van der Waals surface area contributed by atoms with Gasteiger partial charge in [-0.1, -0.05) is 17.7 Å². The molecule has 0 saturated carbocycles. The summed E-state index contributed by atoms with van der Waals surface area (Å²) in [4.78, 5) is 23.7. The molecule has 0 aromatic heterocycles. The number of carbonyl (C=O) groups is 2. The van der Waals surface area contributed by atoms with Crippen LogP contribution < -0.4 is 10.1 Å². The molecule has 0 aliphatic heterocycles. The summed E-state index contributed by atoms with van der Waals surface area (Å²) in [5.74, 6) is -1.18. The van der Waals surface area contributed by atoms with E-state index in [-0.39, 0.29) is 6.61 Å². The van der Waals surface area contributed by atoms with E-state index in [9.17, 15) is 14.0 Å². The fraction of sp³-hybridized carbons (Fsp3) is 0.222. The van der Waals surface area contributed by atoms with Crippen LogP contribution in [-0.4, -0.2) is 24.6 Å². The predicted octanol–water partition coefficient (Wildman–Crippen LogP) is 3.08. The second-order valence-electron chi connectivity index (χ2n) is 5.23. The molecule has 0 aliphatic carbocycles. The van der Waals surface area contributed by atoms with Crippen molar-refractivity contribution in [3.05, 3.63) is 59.9 Å². The highest BCUT2D eigenvalue weighted by molar-refractivity contribution is 5.95. The molecule has 5 nitrogen and oxygen atoms in total. The first-order chi connectivity index (χ1) is 11.4. The van der Waals surface area contributed by atoms with Crippen LogP contribution in [0.25, 0.3) is 0 Å². The first kappa shape index (κ1) is 17.5. The summed E-state index contributed by atoms with van der Waals surface area (Å²) in [6, 6.07) is 12.5. The van der Waals surface area contributed by atoms with Gasteiger partial charge in [-0.3, -0.25) is 4.79 Å². The molecule has 1 amide bonds. The molecule has 0 unspecified atom stereocenters. The quantitative estimate of drug-likeness (QED) is 0.826. The van der Waals surface area contributed by atoms with Crippen molar-refractivity contribution in [3.8, 4) is 5.75 Å². The van der Waals surface area contributed by atoms with Crippen molar-refractivity contribution in [2.45, 2.75) is 20.0 Å². The standard InChI is InChI=1S/C18H18FNO4/c1-12-3-7-15(8-4-12)20-18(22)13(2)24-17(21)11-23-16-9-5-14(19)6-10-16/h3-10,13H,11H2,1-2H3,(H,20,22)/t13-/m1/s1. The number of benzene rings is 2. The Morgan fingerprint density at radius 3 is 2.33 bits per heavy atom. The maximum atomic E-state index is 12.8. The lowest BCUT2D eigenvalue weighted by Gasteiger charge is -2.14. The van der Waals surface area contributed by atoms with E-state index in [0.717, 1.165) is 5.56 Å². The second kappa shape index (κ2) is 8.10. The molecule has 0 heterocycles. The maximum Gasteiger partial charge on any atom is 0.344 e. The van der Waals surface area contributed by atoms with E-state index in [4.69, 9.17) is 9.47 Å². The summed E-state index contributed by atoms with van der Waals surface area (Å²) in [6.07, 6.45) is -0.962. The van der Waals surface area contributed by atoms with Gasteiger partial charge in [0.1, 0.15) is 11.6 Å². The number of esters is 1. The molecule has 2 rings (SSSR count). The van der Waals surface area contributed by atoms with Crippen LogP contribution in [0.1, 0.15) is 12.5 Å². The Morgan fingerprint density at radius 2 is 1.71 bits per heavy atom. The van der Waals surface area contributed by atoms with Crippen LogP contribution in [-0.2, 0) is 14.3 Å². The van der Waals surface area contributed by atoms with Crippen molar-refractivity contribution in [1.29, 1.82) is 0 Å². The van der Waals surface area contributed by atoms with E-state index in [1.54, 1.807) is 12.1 Å². The van der Waals surface area contributed by atoms with Gasteiger partial charge in [0.25, 0.3) is 5.91 Å². The Balaban J connectivity index is 1.78. The molecule has 0 aliphatic rings. The summed E-state index contributed by atoms with van der Waals surface area (Å²) >= 11 is 0. The summed E-state index contributed by atoms with van der Waals surface area (Å²) in [5.41, 5.74) is 1.70. The summed E-state index contributed by atoms with van der Waals surface area (Å²) in [5, 5.41) is 2.66. The summed E-state index contributed by atoms with van der Waals surface area (Å²) < 4.78 is 22.9. The van der Waals surface area contributed by atoms with Crippen LogP contribution in [0, 0.1) is 12.7 Å². The average molecular weight is 331 g/mol. The molecule has 1 N–H and O–H groups in total. The van der Waals surface area contributed by atoms with Crippen LogP contribution in [0.15, 0.2) is 48.5 Å². The fourth-order valence-corrected chi connectivity index (χ4v) is 1.84. The minimum absolute atomic E-state index is 0.338. The Kier molecular flexibility index (Phi) is 5.89. The highest BCUT2D eigenvalue weighted by atomic mass is 19.1. The predicted molar refractivity (Wildman–Crippen MR) is 87.3 cm³/mol. The van der Waals surface area contributed by atoms with Crippen molar-refractivity contribution >= 4 is 17.6 Å². The first-order valence-corrected chi connectivity index (χ1v) is 7.39. The molecule has 2 aromatic rings. The van der Waals surface area contributed by atoms with Crippen molar-refractivity contribution in [3.63, 3.8) is 0 Å². The Bertz CT molecular complexity index is 698. The van der Waals surface area contributed by atoms with Crippen molar-refractivity contribution in [2.75, 3.05) is 11.9 Å². The molecule has 0 saturated heterocycles. The molecular formula is C18H18FNO4. The van der Waals surface area contributed by atoms with Gasteiger partial charge in [-0.2, -0.15) is 0 Å². The zero-order chi connectivity index (χ0) is 17.5. The highest BCUT2D eigenvalue weighted by Gasteiger charge is 2.18. The van der Waals surface area contributed by atoms with Gasteiger partial charge in [0.2, 0.25) is 0 Å². The first-order valence-electron chi connectivity index (χ1n) is 7.39. The number of amides is 1. The Morgan fingerprint density at radius 1 is 1.08 bits per heavy atom. The lowest BCUT2D eigenvalue weighted by molar-refractivity contribution is -0.155. The number of hydrogen-bond acceptors (Lipinski definition) is 4. The van der Waals surface area contributed by atoms with Gasteiger partial charge in [-0.15, -0.1) is 0 Å². The monoisotopic (exact) mass is 331 g/mol. The summed E-state index contributed by atoms with van der Waals surface area (Å²) in [6.45, 7) is 3.05. The number of nitrogens with one attached hydrogen (secondary N) is 1. The van der Waals surface area contributed by atoms with Gasteiger partial charge in [0.15, 0.2) is 12.7 Å². The number of rotatable bonds is 6. The van der Waals surface area contributed by atoms with Crippen LogP contribution in [0.4, 0.5) is 10.1 Å². The molecule has 0 spiro atoms. The van der Waals surface area contributed by atoms with Crippen molar-refractivity contribution in [2.24, 2.45) is 0 Å². The molecule has 0 bridgehead atoms. The van der Waals surface area contributed by atoms with E-state index in [2.05, 4.69) is 5.32 Å². The van der Waals surface area contributed by atoms with Gasteiger partial charge < -0.3 is 14.8 Å². The number of hydrogen-bond donors (Lipinski definition) is 1. The minimum atomic E-state index is -0.962. The van der Waals surface area contributed by atoms with Gasteiger partial charge in [0.05, 0.1) is 0 Å². The molecule has 0 radical (unpaired) electrons. The number of ether oxygens (including phenoxy) is 2. The Labute approximate surface area is 139 Å². The lowest BCUT2D eigenvalue weighted by atomic mass is 10.2. The van der Waals surface area contributed by atoms with E-state index < -0.39 is 23.8 Å². The highest BCUT2D eigenvalue weighted by Crippen LogP contribution is 2.12. The maximum absolute atomic E-state index is 12.8. The third kappa shape index (κ3) is 5.39. The van der Waals surface area contributed by atoms with Gasteiger partial charge in [-0.25, -0.2) is 9.18 Å². The SMILES string of the molecule is Cc1ccc(NC(=O)[C@@H](C)OC(=O)COc2ccc(F)cc2)cc1. The zero-order valence-electron chi connectivity index (χ0n) is 13.4. The zero-order valence-corrected chi connectivity index (χ0v) is 13.4. The normalized spacial score (nSPS) is 11.5.